The molecule has 3 heterocycles. The number of hydrogen-bond donors (Lipinski definition) is 2. The number of imidazole rings is 1. The Kier molecular flexibility index (Phi) is 9.89. The number of ether oxygens (including phenoxy) is 1. The maximum Gasteiger partial charge on any atom is 0.337 e. The number of benzene rings is 2. The molecule has 1 amide bonds. The van der Waals surface area contributed by atoms with Crippen LogP contribution in [0.3, 0.4) is 0 Å². The lowest BCUT2D eigenvalue weighted by Gasteiger charge is -2.31. The normalized spacial score (nSPS) is 14.4. The highest BCUT2D eigenvalue weighted by molar-refractivity contribution is 6.06. The van der Waals surface area contributed by atoms with Crippen molar-refractivity contribution in [1.82, 2.24) is 24.3 Å². The lowest BCUT2D eigenvalue weighted by Crippen LogP contribution is -2.44. The molecule has 1 saturated heterocycles. The quantitative estimate of drug-likeness (QED) is 0.237. The second-order valence-electron chi connectivity index (χ2n) is 11.4. The third-order valence-corrected chi connectivity index (χ3v) is 8.24. The Morgan fingerprint density at radius 3 is 2.65 bits per heavy atom. The van der Waals surface area contributed by atoms with Crippen molar-refractivity contribution in [2.45, 2.75) is 64.6 Å². The molecular weight excluding hydrogens is 544 g/mol. The van der Waals surface area contributed by atoms with Crippen molar-refractivity contribution in [3.63, 3.8) is 0 Å². The van der Waals surface area contributed by atoms with Crippen LogP contribution in [-0.4, -0.2) is 80.7 Å². The zero-order chi connectivity index (χ0) is 30.3. The number of nitrogen functional groups attached to an aromatic ring is 1. The fourth-order valence-electron chi connectivity index (χ4n) is 5.89. The Morgan fingerprint density at radius 2 is 1.88 bits per heavy atom. The molecule has 0 atom stereocenters. The van der Waals surface area contributed by atoms with Gasteiger partial charge in [-0.05, 0) is 49.4 Å². The third-order valence-electron chi connectivity index (χ3n) is 8.24. The van der Waals surface area contributed by atoms with E-state index in [1.807, 2.05) is 35.2 Å². The first-order valence-corrected chi connectivity index (χ1v) is 15.3. The van der Waals surface area contributed by atoms with Gasteiger partial charge in [0.25, 0.3) is 0 Å². The minimum Gasteiger partial charge on any atom is -0.465 e. The molecule has 0 aliphatic carbocycles. The van der Waals surface area contributed by atoms with Gasteiger partial charge in [-0.25, -0.2) is 14.8 Å². The Labute approximate surface area is 252 Å². The summed E-state index contributed by atoms with van der Waals surface area (Å²) in [7, 11) is 1.36. The van der Waals surface area contributed by atoms with E-state index in [1.54, 1.807) is 12.1 Å². The van der Waals surface area contributed by atoms with Crippen molar-refractivity contribution >= 4 is 39.6 Å². The molecule has 10 nitrogen and oxygen atoms in total. The van der Waals surface area contributed by atoms with Crippen LogP contribution in [0, 0.1) is 0 Å². The van der Waals surface area contributed by atoms with Gasteiger partial charge in [0.05, 0.1) is 36.4 Å². The Bertz CT molecular complexity index is 1580. The fourth-order valence-corrected chi connectivity index (χ4v) is 5.89. The third kappa shape index (κ3) is 7.14. The van der Waals surface area contributed by atoms with Crippen molar-refractivity contribution in [2.24, 2.45) is 0 Å². The predicted molar refractivity (Wildman–Crippen MR) is 168 cm³/mol. The van der Waals surface area contributed by atoms with Crippen molar-refractivity contribution in [3.05, 3.63) is 65.5 Å². The van der Waals surface area contributed by atoms with Gasteiger partial charge < -0.3 is 25.0 Å². The van der Waals surface area contributed by atoms with Gasteiger partial charge in [-0.15, -0.1) is 0 Å². The van der Waals surface area contributed by atoms with E-state index in [9.17, 15) is 14.7 Å². The number of fused-ring (bicyclic) bond motifs is 3. The molecule has 2 aromatic heterocycles. The first-order valence-electron chi connectivity index (χ1n) is 15.3. The molecule has 0 saturated carbocycles. The van der Waals surface area contributed by atoms with Crippen LogP contribution in [0.5, 0.6) is 0 Å². The van der Waals surface area contributed by atoms with Gasteiger partial charge in [0.1, 0.15) is 11.3 Å². The summed E-state index contributed by atoms with van der Waals surface area (Å²) in [4.78, 5) is 39.4. The number of para-hydroxylation sites is 1. The van der Waals surface area contributed by atoms with Crippen molar-refractivity contribution in [3.8, 4) is 0 Å². The molecule has 3 N–H and O–H groups in total. The van der Waals surface area contributed by atoms with Crippen LogP contribution in [0.1, 0.15) is 60.8 Å². The molecule has 43 heavy (non-hydrogen) atoms. The maximum atomic E-state index is 13.7. The first kappa shape index (κ1) is 30.4. The fraction of sp³-hybridized carbons (Fsp3) is 0.455. The summed E-state index contributed by atoms with van der Waals surface area (Å²) in [6.45, 7) is 5.44. The number of nitrogens with zero attached hydrogens (tertiary/aromatic N) is 5. The van der Waals surface area contributed by atoms with Crippen LogP contribution in [0.4, 0.5) is 5.82 Å². The SMILES string of the molecule is CCCCc1nc2c(N)nc3ccccc3c2n1CCCN(Cc1cccc(C(=O)OC)c1)C(=O)CN1CCC(O)CC1. The lowest BCUT2D eigenvalue weighted by atomic mass is 10.1. The number of esters is 1. The first-order chi connectivity index (χ1) is 20.9. The number of methoxy groups -OCH3 is 1. The van der Waals surface area contributed by atoms with Crippen molar-refractivity contribution < 1.29 is 19.4 Å². The van der Waals surface area contributed by atoms with E-state index in [2.05, 4.69) is 27.4 Å². The monoisotopic (exact) mass is 586 g/mol. The maximum absolute atomic E-state index is 13.7. The zero-order valence-electron chi connectivity index (χ0n) is 25.2. The van der Waals surface area contributed by atoms with Crippen molar-refractivity contribution in [2.75, 3.05) is 39.0 Å². The highest BCUT2D eigenvalue weighted by atomic mass is 16.5. The highest BCUT2D eigenvalue weighted by Gasteiger charge is 2.23. The number of amides is 1. The van der Waals surface area contributed by atoms with Gasteiger partial charge in [0.15, 0.2) is 5.82 Å². The Hall–Kier alpha value is -4.02. The minimum absolute atomic E-state index is 0.0282. The van der Waals surface area contributed by atoms with Crippen LogP contribution in [0.15, 0.2) is 48.5 Å². The second kappa shape index (κ2) is 14.0. The molecule has 2 aromatic carbocycles. The van der Waals surface area contributed by atoms with Gasteiger partial charge in [0.2, 0.25) is 5.91 Å². The molecule has 0 spiro atoms. The number of aliphatic hydroxyl groups is 1. The zero-order valence-corrected chi connectivity index (χ0v) is 25.2. The topological polar surface area (TPSA) is 127 Å². The standard InChI is InChI=1S/C33H42N6O4/c1-3-4-13-28-36-30-31(26-11-5-6-12-27(26)35-32(30)34)39(28)17-8-16-38(29(41)22-37-18-14-25(40)15-19-37)21-23-9-7-10-24(20-23)33(42)43-2/h5-7,9-12,20,25,40H,3-4,8,13-19,21-22H2,1-2H3,(H2,34,35). The van der Waals surface area contributed by atoms with Crippen molar-refractivity contribution in [1.29, 1.82) is 0 Å². The summed E-state index contributed by atoms with van der Waals surface area (Å²) >= 11 is 0. The largest absolute Gasteiger partial charge is 0.465 e. The molecule has 0 bridgehead atoms. The molecule has 1 aliphatic heterocycles. The predicted octanol–water partition coefficient (Wildman–Crippen LogP) is 4.17. The van der Waals surface area contributed by atoms with Gasteiger partial charge >= 0.3 is 5.97 Å². The summed E-state index contributed by atoms with van der Waals surface area (Å²) in [6, 6.07) is 15.2. The van der Waals surface area contributed by atoms with E-state index in [1.165, 1.54) is 7.11 Å². The van der Waals surface area contributed by atoms with Gasteiger partial charge in [-0.3, -0.25) is 9.69 Å². The van der Waals surface area contributed by atoms with Gasteiger partial charge in [-0.2, -0.15) is 0 Å². The number of aryl methyl sites for hydroxylation is 2. The molecule has 1 aliphatic rings. The summed E-state index contributed by atoms with van der Waals surface area (Å²) in [5, 5.41) is 10.9. The summed E-state index contributed by atoms with van der Waals surface area (Å²) in [5.74, 6) is 1.04. The average Bonchev–Trinajstić information content (AvgIpc) is 3.39. The molecule has 228 valence electrons. The number of anilines is 1. The Balaban J connectivity index is 1.40. The van der Waals surface area contributed by atoms with Crippen LogP contribution in [0.2, 0.25) is 0 Å². The second-order valence-corrected chi connectivity index (χ2v) is 11.4. The van der Waals surface area contributed by atoms with Gasteiger partial charge in [-0.1, -0.05) is 43.7 Å². The number of aliphatic hydroxyl groups excluding tert-OH is 1. The van der Waals surface area contributed by atoms with Crippen LogP contribution >= 0.6 is 0 Å². The van der Waals surface area contributed by atoms with E-state index in [-0.39, 0.29) is 12.0 Å². The lowest BCUT2D eigenvalue weighted by molar-refractivity contribution is -0.133. The van der Waals surface area contributed by atoms with Crippen LogP contribution in [0.25, 0.3) is 21.9 Å². The summed E-state index contributed by atoms with van der Waals surface area (Å²) < 4.78 is 7.17. The number of pyridine rings is 1. The van der Waals surface area contributed by atoms with E-state index in [0.717, 1.165) is 52.6 Å². The number of likely N-dealkylation sites (tertiary alicyclic amines) is 1. The number of aromatic nitrogens is 3. The number of piperidine rings is 1. The van der Waals surface area contributed by atoms with Crippen LogP contribution in [-0.2, 0) is 29.0 Å². The summed E-state index contributed by atoms with van der Waals surface area (Å²) in [6.07, 6.45) is 4.67. The van der Waals surface area contributed by atoms with E-state index in [0.29, 0.717) is 69.9 Å². The molecule has 4 aromatic rings. The number of carbonyl (C=O) groups is 2. The van der Waals surface area contributed by atoms with E-state index >= 15 is 0 Å². The number of rotatable bonds is 12. The summed E-state index contributed by atoms with van der Waals surface area (Å²) in [5.41, 5.74) is 10.3. The number of carbonyl (C=O) groups excluding carboxylic acids is 2. The average molecular weight is 587 g/mol. The number of unbranched alkanes of at least 4 members (excludes halogenated alkanes) is 1. The molecule has 0 unspecified atom stereocenters. The molecular formula is C33H42N6O4. The number of nitrogens with two attached hydrogens (primary N) is 1. The Morgan fingerprint density at radius 1 is 1.09 bits per heavy atom. The smallest absolute Gasteiger partial charge is 0.337 e. The highest BCUT2D eigenvalue weighted by Crippen LogP contribution is 2.29. The van der Waals surface area contributed by atoms with Gasteiger partial charge in [0, 0.05) is 44.5 Å². The van der Waals surface area contributed by atoms with E-state index in [4.69, 9.17) is 15.5 Å². The minimum atomic E-state index is -0.404. The molecule has 0 radical (unpaired) electrons. The molecule has 1 fully saturated rings. The van der Waals surface area contributed by atoms with E-state index < -0.39 is 5.97 Å². The molecule has 5 rings (SSSR count). The molecule has 10 heteroatoms. The number of hydrogen-bond acceptors (Lipinski definition) is 8. The van der Waals surface area contributed by atoms with Crippen LogP contribution < -0.4 is 5.73 Å².